The number of anilines is 1. The highest BCUT2D eigenvalue weighted by molar-refractivity contribution is 7.99. The van der Waals surface area contributed by atoms with Crippen LogP contribution >= 0.6 is 23.1 Å². The molecule has 5 nitrogen and oxygen atoms in total. The fourth-order valence-electron chi connectivity index (χ4n) is 3.36. The van der Waals surface area contributed by atoms with Crippen molar-refractivity contribution in [2.24, 2.45) is 0 Å². The fourth-order valence-corrected chi connectivity index (χ4v) is 5.10. The molecule has 3 aromatic rings. The molecule has 148 valence electrons. The molecule has 0 atom stereocenters. The number of benzene rings is 1. The first-order valence-electron chi connectivity index (χ1n) is 9.44. The van der Waals surface area contributed by atoms with Gasteiger partial charge in [-0.05, 0) is 62.9 Å². The minimum absolute atomic E-state index is 0.0390. The Morgan fingerprint density at radius 3 is 2.50 bits per heavy atom. The Morgan fingerprint density at radius 2 is 1.86 bits per heavy atom. The third kappa shape index (κ3) is 4.47. The van der Waals surface area contributed by atoms with Gasteiger partial charge in [0.2, 0.25) is 5.91 Å². The molecule has 1 aromatic carbocycles. The molecule has 0 bridgehead atoms. The van der Waals surface area contributed by atoms with Gasteiger partial charge in [-0.25, -0.2) is 0 Å². The van der Waals surface area contributed by atoms with Crippen LogP contribution in [-0.2, 0) is 17.8 Å². The molecule has 0 saturated heterocycles. The number of aryl methyl sites for hydroxylation is 3. The molecule has 0 fully saturated rings. The van der Waals surface area contributed by atoms with E-state index >= 15 is 0 Å². The maximum Gasteiger partial charge on any atom is 0.234 e. The average Bonchev–Trinajstić information content (AvgIpc) is 3.21. The Morgan fingerprint density at radius 1 is 1.14 bits per heavy atom. The zero-order valence-corrected chi connectivity index (χ0v) is 18.6. The molecule has 0 aliphatic rings. The van der Waals surface area contributed by atoms with Crippen LogP contribution in [0.5, 0.6) is 0 Å². The Kier molecular flexibility index (Phi) is 6.57. The van der Waals surface area contributed by atoms with E-state index < -0.39 is 0 Å². The summed E-state index contributed by atoms with van der Waals surface area (Å²) in [7, 11) is 0. The number of amides is 1. The van der Waals surface area contributed by atoms with Crippen molar-refractivity contribution in [2.45, 2.75) is 52.7 Å². The van der Waals surface area contributed by atoms with Crippen molar-refractivity contribution in [1.29, 1.82) is 0 Å². The van der Waals surface area contributed by atoms with E-state index in [4.69, 9.17) is 0 Å². The molecule has 1 amide bonds. The van der Waals surface area contributed by atoms with E-state index in [1.54, 1.807) is 11.3 Å². The van der Waals surface area contributed by atoms with E-state index in [0.717, 1.165) is 46.3 Å². The maximum atomic E-state index is 12.4. The van der Waals surface area contributed by atoms with Crippen LogP contribution in [0.3, 0.4) is 0 Å². The van der Waals surface area contributed by atoms with E-state index in [-0.39, 0.29) is 5.91 Å². The van der Waals surface area contributed by atoms with Crippen LogP contribution in [0, 0.1) is 20.8 Å². The molecular formula is C21H26N4OS2. The minimum atomic E-state index is -0.0390. The quantitative estimate of drug-likeness (QED) is 0.537. The lowest BCUT2D eigenvalue weighted by Gasteiger charge is -2.09. The number of thioether (sulfide) groups is 1. The van der Waals surface area contributed by atoms with Crippen molar-refractivity contribution in [3.8, 4) is 11.4 Å². The fraction of sp³-hybridized carbons (Fsp3) is 0.381. The highest BCUT2D eigenvalue weighted by Crippen LogP contribution is 2.32. The zero-order chi connectivity index (χ0) is 20.3. The van der Waals surface area contributed by atoms with Crippen LogP contribution in [0.1, 0.15) is 35.4 Å². The Labute approximate surface area is 174 Å². The van der Waals surface area contributed by atoms with Crippen molar-refractivity contribution in [3.63, 3.8) is 0 Å². The number of thiophene rings is 1. The number of aromatic nitrogens is 3. The number of rotatable bonds is 7. The number of nitrogens with zero attached hydrogens (tertiary/aromatic N) is 3. The van der Waals surface area contributed by atoms with Gasteiger partial charge >= 0.3 is 0 Å². The lowest BCUT2D eigenvalue weighted by atomic mass is 10.1. The summed E-state index contributed by atoms with van der Waals surface area (Å²) in [6, 6.07) is 6.05. The molecule has 0 saturated carbocycles. The topological polar surface area (TPSA) is 59.8 Å². The van der Waals surface area contributed by atoms with Gasteiger partial charge in [-0.1, -0.05) is 24.8 Å². The van der Waals surface area contributed by atoms with Crippen LogP contribution in [0.25, 0.3) is 11.4 Å². The number of hydrogen-bond acceptors (Lipinski definition) is 5. The Balaban J connectivity index is 1.72. The lowest BCUT2D eigenvalue weighted by molar-refractivity contribution is -0.113. The van der Waals surface area contributed by atoms with Gasteiger partial charge in [0.05, 0.1) is 5.75 Å². The minimum Gasteiger partial charge on any atom is -0.325 e. The second-order valence-electron chi connectivity index (χ2n) is 6.80. The third-order valence-electron chi connectivity index (χ3n) is 4.57. The van der Waals surface area contributed by atoms with Crippen molar-refractivity contribution in [2.75, 3.05) is 11.1 Å². The highest BCUT2D eigenvalue weighted by Gasteiger charge is 2.18. The summed E-state index contributed by atoms with van der Waals surface area (Å²) >= 11 is 3.17. The lowest BCUT2D eigenvalue weighted by Crippen LogP contribution is -2.15. The van der Waals surface area contributed by atoms with Crippen molar-refractivity contribution >= 4 is 34.7 Å². The Bertz CT molecular complexity index is 970. The molecule has 0 radical (unpaired) electrons. The highest BCUT2D eigenvalue weighted by atomic mass is 32.2. The molecule has 28 heavy (non-hydrogen) atoms. The summed E-state index contributed by atoms with van der Waals surface area (Å²) in [5.41, 5.74) is 5.59. The maximum absolute atomic E-state index is 12.4. The number of carbonyl (C=O) groups excluding carboxylic acids is 1. The van der Waals surface area contributed by atoms with Gasteiger partial charge in [0.15, 0.2) is 11.0 Å². The van der Waals surface area contributed by atoms with Crippen LogP contribution in [0.2, 0.25) is 0 Å². The van der Waals surface area contributed by atoms with Gasteiger partial charge in [-0.2, -0.15) is 0 Å². The Hall–Kier alpha value is -2.12. The molecule has 2 heterocycles. The van der Waals surface area contributed by atoms with Crippen molar-refractivity contribution < 1.29 is 4.79 Å². The summed E-state index contributed by atoms with van der Waals surface area (Å²) in [4.78, 5) is 13.7. The van der Waals surface area contributed by atoms with Crippen LogP contribution in [0.15, 0.2) is 28.7 Å². The number of nitrogens with one attached hydrogen (secondary N) is 1. The summed E-state index contributed by atoms with van der Waals surface area (Å²) in [5.74, 6) is 1.15. The van der Waals surface area contributed by atoms with E-state index in [1.165, 1.54) is 22.2 Å². The third-order valence-corrected chi connectivity index (χ3v) is 6.49. The summed E-state index contributed by atoms with van der Waals surface area (Å²) in [5, 5.41) is 14.7. The molecule has 0 aliphatic heterocycles. The van der Waals surface area contributed by atoms with E-state index in [0.29, 0.717) is 5.75 Å². The summed E-state index contributed by atoms with van der Waals surface area (Å²) in [6.45, 7) is 11.2. The van der Waals surface area contributed by atoms with Gasteiger partial charge in [0.25, 0.3) is 0 Å². The van der Waals surface area contributed by atoms with Crippen LogP contribution in [0.4, 0.5) is 5.69 Å². The normalized spacial score (nSPS) is 11.0. The van der Waals surface area contributed by atoms with Gasteiger partial charge in [0.1, 0.15) is 0 Å². The molecule has 3 rings (SSSR count). The van der Waals surface area contributed by atoms with Gasteiger partial charge in [-0.15, -0.1) is 21.5 Å². The molecular weight excluding hydrogens is 388 g/mol. The predicted octanol–water partition coefficient (Wildman–Crippen LogP) is 5.24. The predicted molar refractivity (Wildman–Crippen MR) is 118 cm³/mol. The molecule has 0 unspecified atom stereocenters. The van der Waals surface area contributed by atoms with Crippen molar-refractivity contribution in [3.05, 3.63) is 45.1 Å². The smallest absolute Gasteiger partial charge is 0.234 e. The molecule has 2 aromatic heterocycles. The second-order valence-corrected chi connectivity index (χ2v) is 8.83. The number of carbonyl (C=O) groups is 1. The zero-order valence-electron chi connectivity index (χ0n) is 17.0. The summed E-state index contributed by atoms with van der Waals surface area (Å²) < 4.78 is 2.09. The van der Waals surface area contributed by atoms with Crippen LogP contribution < -0.4 is 5.32 Å². The molecule has 1 N–H and O–H groups in total. The molecule has 0 spiro atoms. The number of hydrogen-bond donors (Lipinski definition) is 1. The first-order chi connectivity index (χ1) is 13.4. The first kappa shape index (κ1) is 20.6. The van der Waals surface area contributed by atoms with Gasteiger partial charge in [-0.3, -0.25) is 4.79 Å². The first-order valence-corrected chi connectivity index (χ1v) is 11.3. The van der Waals surface area contributed by atoms with E-state index in [2.05, 4.69) is 52.3 Å². The molecule has 7 heteroatoms. The second kappa shape index (κ2) is 8.92. The molecule has 0 aliphatic carbocycles. The van der Waals surface area contributed by atoms with E-state index in [9.17, 15) is 4.79 Å². The van der Waals surface area contributed by atoms with Crippen molar-refractivity contribution in [1.82, 2.24) is 14.8 Å². The monoisotopic (exact) mass is 414 g/mol. The van der Waals surface area contributed by atoms with Gasteiger partial charge < -0.3 is 9.88 Å². The van der Waals surface area contributed by atoms with Gasteiger partial charge in [0, 0.05) is 28.1 Å². The van der Waals surface area contributed by atoms with E-state index in [1.807, 2.05) is 26.0 Å². The summed E-state index contributed by atoms with van der Waals surface area (Å²) in [6.07, 6.45) is 0.974. The SMILES string of the molecule is CCc1c(-c2nnc(SCC(=O)Nc3cc(C)cc(C)c3)n2CC)csc1C. The standard InChI is InChI=1S/C21H26N4OS2/c1-6-17-15(5)27-11-18(17)20-23-24-21(25(20)7-2)28-12-19(26)22-16-9-13(3)8-14(4)10-16/h8-11H,6-7,12H2,1-5H3,(H,22,26). The van der Waals surface area contributed by atoms with Crippen LogP contribution in [-0.4, -0.2) is 26.4 Å². The largest absolute Gasteiger partial charge is 0.325 e. The average molecular weight is 415 g/mol.